The number of anilines is 1. The molecule has 4 N–H and O–H groups in total. The van der Waals surface area contributed by atoms with E-state index in [0.717, 1.165) is 12.8 Å². The van der Waals surface area contributed by atoms with E-state index in [0.29, 0.717) is 13.1 Å². The van der Waals surface area contributed by atoms with Crippen LogP contribution in [0.3, 0.4) is 0 Å². The lowest BCUT2D eigenvalue weighted by atomic mass is 9.88. The van der Waals surface area contributed by atoms with Gasteiger partial charge < -0.3 is 16.4 Å². The highest BCUT2D eigenvalue weighted by molar-refractivity contribution is 5.89. The number of carbonyl (C=O) groups excluding carboxylic acids is 1. The molecule has 0 saturated carbocycles. The summed E-state index contributed by atoms with van der Waals surface area (Å²) in [5.74, 6) is -0.444. The van der Waals surface area contributed by atoms with Crippen LogP contribution in [0.4, 0.5) is 14.9 Å². The van der Waals surface area contributed by atoms with Gasteiger partial charge in [0.05, 0.1) is 5.69 Å². The number of urea groups is 1. The highest BCUT2D eigenvalue weighted by atomic mass is 19.1. The molecule has 0 heterocycles. The van der Waals surface area contributed by atoms with E-state index < -0.39 is 11.8 Å². The van der Waals surface area contributed by atoms with Gasteiger partial charge in [-0.2, -0.15) is 0 Å². The van der Waals surface area contributed by atoms with Gasteiger partial charge in [-0.05, 0) is 36.9 Å². The number of carbonyl (C=O) groups is 1. The molecule has 106 valence electrons. The molecular weight excluding hydrogens is 245 g/mol. The number of nitrogens with one attached hydrogen (secondary N) is 2. The molecule has 1 rings (SSSR count). The zero-order valence-electron chi connectivity index (χ0n) is 11.5. The Hall–Kier alpha value is -1.62. The maximum atomic E-state index is 13.3. The second-order valence-electron chi connectivity index (χ2n) is 5.34. The molecule has 0 aromatic heterocycles. The molecule has 0 radical (unpaired) electrons. The van der Waals surface area contributed by atoms with Crippen molar-refractivity contribution < 1.29 is 9.18 Å². The molecule has 0 saturated heterocycles. The Bertz CT molecular complexity index is 421. The predicted octanol–water partition coefficient (Wildman–Crippen LogP) is 2.71. The number of hydrogen-bond acceptors (Lipinski definition) is 2. The number of para-hydroxylation sites is 1. The van der Waals surface area contributed by atoms with Crippen molar-refractivity contribution in [1.29, 1.82) is 0 Å². The Morgan fingerprint density at radius 2 is 2.05 bits per heavy atom. The first kappa shape index (κ1) is 15.4. The molecule has 19 heavy (non-hydrogen) atoms. The average molecular weight is 267 g/mol. The van der Waals surface area contributed by atoms with Crippen molar-refractivity contribution in [3.05, 3.63) is 30.1 Å². The standard InChI is InChI=1S/C14H22FN3O/c1-14(2,8-5-9-16)10-17-13(19)18-12-7-4-3-6-11(12)15/h3-4,6-7H,5,8-10,16H2,1-2H3,(H2,17,18,19). The summed E-state index contributed by atoms with van der Waals surface area (Å²) in [4.78, 5) is 11.7. The third-order valence-electron chi connectivity index (χ3n) is 2.91. The van der Waals surface area contributed by atoms with Gasteiger partial charge in [-0.3, -0.25) is 0 Å². The van der Waals surface area contributed by atoms with Gasteiger partial charge in [0.15, 0.2) is 0 Å². The molecule has 0 aliphatic rings. The molecular formula is C14H22FN3O. The second kappa shape index (κ2) is 7.09. The van der Waals surface area contributed by atoms with Crippen LogP contribution in [0, 0.1) is 11.2 Å². The molecule has 2 amide bonds. The fourth-order valence-corrected chi connectivity index (χ4v) is 1.72. The van der Waals surface area contributed by atoms with Gasteiger partial charge in [-0.25, -0.2) is 9.18 Å². The van der Waals surface area contributed by atoms with Crippen LogP contribution < -0.4 is 16.4 Å². The molecule has 0 fully saturated rings. The number of hydrogen-bond donors (Lipinski definition) is 3. The number of nitrogens with two attached hydrogens (primary N) is 1. The summed E-state index contributed by atoms with van der Waals surface area (Å²) in [5.41, 5.74) is 5.63. The highest BCUT2D eigenvalue weighted by Crippen LogP contribution is 2.20. The van der Waals surface area contributed by atoms with Crippen molar-refractivity contribution >= 4 is 11.7 Å². The van der Waals surface area contributed by atoms with E-state index in [1.807, 2.05) is 0 Å². The van der Waals surface area contributed by atoms with Gasteiger partial charge in [0.1, 0.15) is 5.82 Å². The summed E-state index contributed by atoms with van der Waals surface area (Å²) >= 11 is 0. The number of benzene rings is 1. The Balaban J connectivity index is 2.42. The molecule has 0 aliphatic heterocycles. The number of rotatable bonds is 6. The van der Waals surface area contributed by atoms with E-state index in [1.54, 1.807) is 12.1 Å². The van der Waals surface area contributed by atoms with Crippen LogP contribution >= 0.6 is 0 Å². The van der Waals surface area contributed by atoms with E-state index >= 15 is 0 Å². The van der Waals surface area contributed by atoms with Crippen molar-refractivity contribution in [2.45, 2.75) is 26.7 Å². The summed E-state index contributed by atoms with van der Waals surface area (Å²) in [7, 11) is 0. The second-order valence-corrected chi connectivity index (χ2v) is 5.34. The zero-order valence-corrected chi connectivity index (χ0v) is 11.5. The van der Waals surface area contributed by atoms with Crippen LogP contribution in [0.15, 0.2) is 24.3 Å². The Kier molecular flexibility index (Phi) is 5.76. The van der Waals surface area contributed by atoms with E-state index in [4.69, 9.17) is 5.73 Å². The van der Waals surface area contributed by atoms with Gasteiger partial charge in [-0.15, -0.1) is 0 Å². The lowest BCUT2D eigenvalue weighted by molar-refractivity contribution is 0.242. The fourth-order valence-electron chi connectivity index (χ4n) is 1.72. The maximum Gasteiger partial charge on any atom is 0.319 e. The summed E-state index contributed by atoms with van der Waals surface area (Å²) in [6.07, 6.45) is 1.85. The van der Waals surface area contributed by atoms with Crippen LogP contribution in [0.5, 0.6) is 0 Å². The first-order chi connectivity index (χ1) is 8.94. The van der Waals surface area contributed by atoms with Gasteiger partial charge >= 0.3 is 6.03 Å². The molecule has 0 aliphatic carbocycles. The molecule has 1 aromatic rings. The third kappa shape index (κ3) is 5.70. The minimum Gasteiger partial charge on any atom is -0.337 e. The highest BCUT2D eigenvalue weighted by Gasteiger charge is 2.18. The van der Waals surface area contributed by atoms with Gasteiger partial charge in [0.25, 0.3) is 0 Å². The first-order valence-corrected chi connectivity index (χ1v) is 6.44. The molecule has 0 unspecified atom stereocenters. The summed E-state index contributed by atoms with van der Waals surface area (Å²) in [6.45, 7) is 5.29. The molecule has 0 bridgehead atoms. The Morgan fingerprint density at radius 3 is 2.68 bits per heavy atom. The summed E-state index contributed by atoms with van der Waals surface area (Å²) in [6, 6.07) is 5.68. The van der Waals surface area contributed by atoms with Crippen LogP contribution in [-0.2, 0) is 0 Å². The zero-order chi connectivity index (χ0) is 14.3. The summed E-state index contributed by atoms with van der Waals surface area (Å²) in [5, 5.41) is 5.24. The lowest BCUT2D eigenvalue weighted by Gasteiger charge is -2.24. The van der Waals surface area contributed by atoms with E-state index in [-0.39, 0.29) is 11.1 Å². The molecule has 4 nitrogen and oxygen atoms in total. The van der Waals surface area contributed by atoms with Crippen LogP contribution in [0.1, 0.15) is 26.7 Å². The number of halogens is 1. The lowest BCUT2D eigenvalue weighted by Crippen LogP contribution is -2.37. The Morgan fingerprint density at radius 1 is 1.37 bits per heavy atom. The van der Waals surface area contributed by atoms with Crippen molar-refractivity contribution in [2.24, 2.45) is 11.1 Å². The molecule has 5 heteroatoms. The third-order valence-corrected chi connectivity index (χ3v) is 2.91. The number of amides is 2. The normalized spacial score (nSPS) is 11.2. The largest absolute Gasteiger partial charge is 0.337 e. The van der Waals surface area contributed by atoms with Crippen molar-refractivity contribution in [3.8, 4) is 0 Å². The van der Waals surface area contributed by atoms with Crippen LogP contribution in [-0.4, -0.2) is 19.1 Å². The first-order valence-electron chi connectivity index (χ1n) is 6.44. The van der Waals surface area contributed by atoms with Gasteiger partial charge in [0.2, 0.25) is 0 Å². The van der Waals surface area contributed by atoms with Crippen molar-refractivity contribution in [2.75, 3.05) is 18.4 Å². The van der Waals surface area contributed by atoms with Crippen molar-refractivity contribution in [3.63, 3.8) is 0 Å². The monoisotopic (exact) mass is 267 g/mol. The minimum atomic E-state index is -0.444. The fraction of sp³-hybridized carbons (Fsp3) is 0.500. The quantitative estimate of drug-likeness (QED) is 0.742. The van der Waals surface area contributed by atoms with Crippen LogP contribution in [0.2, 0.25) is 0 Å². The van der Waals surface area contributed by atoms with Crippen LogP contribution in [0.25, 0.3) is 0 Å². The van der Waals surface area contributed by atoms with E-state index in [9.17, 15) is 9.18 Å². The maximum absolute atomic E-state index is 13.3. The molecule has 0 atom stereocenters. The molecule has 1 aromatic carbocycles. The topological polar surface area (TPSA) is 67.1 Å². The SMILES string of the molecule is CC(C)(CCCN)CNC(=O)Nc1ccccc1F. The predicted molar refractivity (Wildman–Crippen MR) is 75.5 cm³/mol. The average Bonchev–Trinajstić information content (AvgIpc) is 2.37. The smallest absolute Gasteiger partial charge is 0.319 e. The Labute approximate surface area is 113 Å². The molecule has 0 spiro atoms. The van der Waals surface area contributed by atoms with Gasteiger partial charge in [-0.1, -0.05) is 26.0 Å². The van der Waals surface area contributed by atoms with E-state index in [1.165, 1.54) is 12.1 Å². The summed E-state index contributed by atoms with van der Waals surface area (Å²) < 4.78 is 13.3. The van der Waals surface area contributed by atoms with E-state index in [2.05, 4.69) is 24.5 Å². The van der Waals surface area contributed by atoms with Crippen molar-refractivity contribution in [1.82, 2.24) is 5.32 Å². The van der Waals surface area contributed by atoms with Gasteiger partial charge in [0, 0.05) is 6.54 Å². The minimum absolute atomic E-state index is 0.0219.